The van der Waals surface area contributed by atoms with Gasteiger partial charge in [-0.05, 0) is 50.9 Å². The molecule has 1 aromatic carbocycles. The summed E-state index contributed by atoms with van der Waals surface area (Å²) in [6.45, 7) is 5.97. The molecule has 1 N–H and O–H groups in total. The predicted octanol–water partition coefficient (Wildman–Crippen LogP) is 3.91. The van der Waals surface area contributed by atoms with Crippen LogP contribution in [0.15, 0.2) is 36.5 Å². The van der Waals surface area contributed by atoms with E-state index in [-0.39, 0.29) is 0 Å². The van der Waals surface area contributed by atoms with Gasteiger partial charge in [0.1, 0.15) is 0 Å². The summed E-state index contributed by atoms with van der Waals surface area (Å²) < 4.78 is 0. The Morgan fingerprint density at radius 3 is 3.00 bits per heavy atom. The molecule has 1 aromatic heterocycles. The van der Waals surface area contributed by atoms with Crippen molar-refractivity contribution in [1.82, 2.24) is 9.88 Å². The van der Waals surface area contributed by atoms with Gasteiger partial charge in [-0.15, -0.1) is 0 Å². The first-order chi connectivity index (χ1) is 10.4. The number of rotatable bonds is 4. The van der Waals surface area contributed by atoms with E-state index in [9.17, 15) is 0 Å². The lowest BCUT2D eigenvalue weighted by Gasteiger charge is -2.20. The van der Waals surface area contributed by atoms with E-state index in [0.29, 0.717) is 6.04 Å². The van der Waals surface area contributed by atoms with Crippen LogP contribution in [0.4, 0.5) is 5.69 Å². The van der Waals surface area contributed by atoms with Crippen molar-refractivity contribution in [3.63, 3.8) is 0 Å². The van der Waals surface area contributed by atoms with Gasteiger partial charge >= 0.3 is 0 Å². The van der Waals surface area contributed by atoms with Gasteiger partial charge in [0.2, 0.25) is 0 Å². The molecule has 0 spiro atoms. The molecule has 1 saturated heterocycles. The van der Waals surface area contributed by atoms with Crippen molar-refractivity contribution in [2.75, 3.05) is 25.0 Å². The average molecular weight is 283 g/mol. The molecule has 0 radical (unpaired) electrons. The third kappa shape index (κ3) is 3.53. The summed E-state index contributed by atoms with van der Waals surface area (Å²) in [7, 11) is 0. The van der Waals surface area contributed by atoms with E-state index in [4.69, 9.17) is 0 Å². The molecule has 0 amide bonds. The number of benzene rings is 1. The molecule has 1 aliphatic heterocycles. The van der Waals surface area contributed by atoms with E-state index in [1.165, 1.54) is 56.4 Å². The summed E-state index contributed by atoms with van der Waals surface area (Å²) in [5, 5.41) is 4.95. The molecule has 0 aliphatic carbocycles. The first-order valence-electron chi connectivity index (χ1n) is 8.19. The molecule has 3 nitrogen and oxygen atoms in total. The molecule has 1 fully saturated rings. The summed E-state index contributed by atoms with van der Waals surface area (Å²) in [5.74, 6) is 0. The van der Waals surface area contributed by atoms with E-state index < -0.39 is 0 Å². The topological polar surface area (TPSA) is 28.2 Å². The van der Waals surface area contributed by atoms with Gasteiger partial charge < -0.3 is 10.2 Å². The Hall–Kier alpha value is -1.61. The van der Waals surface area contributed by atoms with E-state index in [2.05, 4.69) is 46.4 Å². The van der Waals surface area contributed by atoms with Crippen molar-refractivity contribution < 1.29 is 0 Å². The smallest absolute Gasteiger partial charge is 0.0933 e. The van der Waals surface area contributed by atoms with Gasteiger partial charge in [0.05, 0.1) is 11.2 Å². The van der Waals surface area contributed by atoms with Gasteiger partial charge in [0.15, 0.2) is 0 Å². The van der Waals surface area contributed by atoms with Gasteiger partial charge in [-0.2, -0.15) is 0 Å². The summed E-state index contributed by atoms with van der Waals surface area (Å²) in [5.41, 5.74) is 2.27. The normalized spacial score (nSPS) is 20.3. The Labute approximate surface area is 127 Å². The molecule has 1 atom stereocenters. The number of aromatic nitrogens is 1. The Morgan fingerprint density at radius 1 is 1.19 bits per heavy atom. The van der Waals surface area contributed by atoms with Gasteiger partial charge in [0.25, 0.3) is 0 Å². The molecule has 2 heterocycles. The molecule has 0 saturated carbocycles. The minimum absolute atomic E-state index is 0.569. The van der Waals surface area contributed by atoms with Crippen LogP contribution >= 0.6 is 0 Å². The highest BCUT2D eigenvalue weighted by molar-refractivity contribution is 5.90. The Kier molecular flexibility index (Phi) is 4.71. The number of anilines is 1. The van der Waals surface area contributed by atoms with Gasteiger partial charge in [-0.25, -0.2) is 0 Å². The number of fused-ring (bicyclic) bond motifs is 1. The Balaban J connectivity index is 1.70. The number of nitrogens with zero attached hydrogens (tertiary/aromatic N) is 2. The largest absolute Gasteiger partial charge is 0.381 e. The fourth-order valence-corrected chi connectivity index (χ4v) is 3.28. The lowest BCUT2D eigenvalue weighted by Crippen LogP contribution is -2.27. The minimum atomic E-state index is 0.569. The average Bonchev–Trinajstić information content (AvgIpc) is 2.74. The zero-order valence-corrected chi connectivity index (χ0v) is 12.9. The maximum Gasteiger partial charge on any atom is 0.0933 e. The van der Waals surface area contributed by atoms with Crippen molar-refractivity contribution >= 4 is 16.6 Å². The quantitative estimate of drug-likeness (QED) is 0.922. The van der Waals surface area contributed by atoms with Crippen LogP contribution in [0.1, 0.15) is 32.6 Å². The highest BCUT2D eigenvalue weighted by atomic mass is 15.1. The molecule has 2 aromatic rings. The van der Waals surface area contributed by atoms with Crippen LogP contribution in [0.2, 0.25) is 0 Å². The molecular formula is C18H25N3. The summed E-state index contributed by atoms with van der Waals surface area (Å²) in [4.78, 5) is 7.14. The van der Waals surface area contributed by atoms with Crippen LogP contribution in [-0.2, 0) is 0 Å². The molecule has 3 rings (SSSR count). The number of pyridine rings is 1. The van der Waals surface area contributed by atoms with Crippen LogP contribution in [-0.4, -0.2) is 35.6 Å². The summed E-state index contributed by atoms with van der Waals surface area (Å²) >= 11 is 0. The number of hydrogen-bond donors (Lipinski definition) is 1. The lowest BCUT2D eigenvalue weighted by atomic mass is 10.1. The molecular weight excluding hydrogens is 258 g/mol. The SMILES string of the molecule is CCCN1CCCC(Nc2cccc3cccnc23)CC1. The van der Waals surface area contributed by atoms with Crippen LogP contribution in [0.3, 0.4) is 0 Å². The first-order valence-corrected chi connectivity index (χ1v) is 8.19. The summed E-state index contributed by atoms with van der Waals surface area (Å²) in [6.07, 6.45) is 6.90. The highest BCUT2D eigenvalue weighted by Crippen LogP contribution is 2.23. The van der Waals surface area contributed by atoms with Gasteiger partial charge in [0, 0.05) is 24.2 Å². The second kappa shape index (κ2) is 6.90. The fourth-order valence-electron chi connectivity index (χ4n) is 3.28. The Morgan fingerprint density at radius 2 is 2.10 bits per heavy atom. The standard InChI is InChI=1S/C18H25N3/c1-2-12-21-13-5-8-16(10-14-21)20-17-9-3-6-15-7-4-11-19-18(15)17/h3-4,6-7,9,11,16,20H,2,5,8,10,12-14H2,1H3. The maximum atomic E-state index is 4.54. The minimum Gasteiger partial charge on any atom is -0.381 e. The molecule has 3 heteroatoms. The number of hydrogen-bond acceptors (Lipinski definition) is 3. The second-order valence-electron chi connectivity index (χ2n) is 5.99. The second-order valence-corrected chi connectivity index (χ2v) is 5.99. The van der Waals surface area contributed by atoms with Crippen LogP contribution in [0.25, 0.3) is 10.9 Å². The zero-order chi connectivity index (χ0) is 14.5. The predicted molar refractivity (Wildman–Crippen MR) is 89.7 cm³/mol. The van der Waals surface area contributed by atoms with Crippen LogP contribution < -0.4 is 5.32 Å². The van der Waals surface area contributed by atoms with Crippen molar-refractivity contribution in [3.8, 4) is 0 Å². The van der Waals surface area contributed by atoms with E-state index in [1.807, 2.05) is 12.3 Å². The molecule has 1 unspecified atom stereocenters. The molecule has 1 aliphatic rings. The highest BCUT2D eigenvalue weighted by Gasteiger charge is 2.17. The van der Waals surface area contributed by atoms with Crippen molar-refractivity contribution in [3.05, 3.63) is 36.5 Å². The van der Waals surface area contributed by atoms with Gasteiger partial charge in [-0.3, -0.25) is 4.98 Å². The van der Waals surface area contributed by atoms with Crippen molar-refractivity contribution in [2.45, 2.75) is 38.6 Å². The fraction of sp³-hybridized carbons (Fsp3) is 0.500. The summed E-state index contributed by atoms with van der Waals surface area (Å²) in [6, 6.07) is 11.1. The maximum absolute atomic E-state index is 4.54. The van der Waals surface area contributed by atoms with Crippen LogP contribution in [0, 0.1) is 0 Å². The van der Waals surface area contributed by atoms with Crippen molar-refractivity contribution in [1.29, 1.82) is 0 Å². The van der Waals surface area contributed by atoms with E-state index >= 15 is 0 Å². The Bertz CT molecular complexity index is 576. The number of likely N-dealkylation sites (tertiary alicyclic amines) is 1. The zero-order valence-electron chi connectivity index (χ0n) is 12.9. The molecule has 21 heavy (non-hydrogen) atoms. The third-order valence-electron chi connectivity index (χ3n) is 4.35. The first kappa shape index (κ1) is 14.3. The van der Waals surface area contributed by atoms with Crippen molar-refractivity contribution in [2.24, 2.45) is 0 Å². The molecule has 0 bridgehead atoms. The monoisotopic (exact) mass is 283 g/mol. The van der Waals surface area contributed by atoms with Crippen LogP contribution in [0.5, 0.6) is 0 Å². The molecule has 112 valence electrons. The third-order valence-corrected chi connectivity index (χ3v) is 4.35. The van der Waals surface area contributed by atoms with E-state index in [1.54, 1.807) is 0 Å². The number of para-hydroxylation sites is 1. The lowest BCUT2D eigenvalue weighted by molar-refractivity contribution is 0.285. The van der Waals surface area contributed by atoms with E-state index in [0.717, 1.165) is 5.52 Å². The van der Waals surface area contributed by atoms with Gasteiger partial charge in [-0.1, -0.05) is 25.1 Å². The number of nitrogens with one attached hydrogen (secondary N) is 1.